The summed E-state index contributed by atoms with van der Waals surface area (Å²) in [5, 5.41) is 3.41. The molecule has 0 saturated carbocycles. The standard InChI is InChI=1S/C24H29NO3/c1-16(2)27-21-9-8-19(14-17(21)3)23(26)20-15-18-6-4-5-7-22(18)28-24(20)10-12-25-13-11-24/h4-9,14,16,20,25H,10-13,15H2,1-3H3. The Hall–Kier alpha value is -2.33. The molecule has 0 aliphatic carbocycles. The number of benzene rings is 2. The van der Waals surface area contributed by atoms with Crippen molar-refractivity contribution in [3.63, 3.8) is 0 Å². The van der Waals surface area contributed by atoms with Gasteiger partial charge in [0.2, 0.25) is 0 Å². The molecule has 0 radical (unpaired) electrons. The van der Waals surface area contributed by atoms with Crippen LogP contribution in [0.25, 0.3) is 0 Å². The SMILES string of the molecule is Cc1cc(C(=O)C2Cc3ccccc3OC23CCNCC3)ccc1OC(C)C. The van der Waals surface area contributed by atoms with Crippen molar-refractivity contribution in [2.45, 2.75) is 51.7 Å². The Morgan fingerprint density at radius 2 is 1.93 bits per heavy atom. The Bertz CT molecular complexity index is 868. The fourth-order valence-electron chi connectivity index (χ4n) is 4.49. The summed E-state index contributed by atoms with van der Waals surface area (Å²) in [6.07, 6.45) is 2.55. The van der Waals surface area contributed by atoms with Gasteiger partial charge < -0.3 is 14.8 Å². The minimum atomic E-state index is -0.419. The van der Waals surface area contributed by atoms with Crippen molar-refractivity contribution in [2.75, 3.05) is 13.1 Å². The number of hydrogen-bond donors (Lipinski definition) is 1. The Labute approximate surface area is 167 Å². The molecule has 1 atom stereocenters. The Kier molecular flexibility index (Phi) is 5.15. The van der Waals surface area contributed by atoms with Crippen LogP contribution in [0, 0.1) is 12.8 Å². The van der Waals surface area contributed by atoms with Gasteiger partial charge in [0, 0.05) is 18.4 Å². The van der Waals surface area contributed by atoms with Gasteiger partial charge in [-0.2, -0.15) is 0 Å². The highest BCUT2D eigenvalue weighted by molar-refractivity contribution is 5.99. The van der Waals surface area contributed by atoms with Gasteiger partial charge in [0.15, 0.2) is 5.78 Å². The number of para-hydroxylation sites is 1. The number of fused-ring (bicyclic) bond motifs is 1. The van der Waals surface area contributed by atoms with Gasteiger partial charge >= 0.3 is 0 Å². The van der Waals surface area contributed by atoms with Crippen molar-refractivity contribution in [3.05, 3.63) is 59.2 Å². The van der Waals surface area contributed by atoms with Crippen LogP contribution in [-0.4, -0.2) is 30.6 Å². The number of nitrogens with one attached hydrogen (secondary N) is 1. The van der Waals surface area contributed by atoms with E-state index in [1.54, 1.807) is 0 Å². The molecule has 2 aliphatic rings. The van der Waals surface area contributed by atoms with Gasteiger partial charge in [-0.25, -0.2) is 0 Å². The second-order valence-corrected chi connectivity index (χ2v) is 8.29. The maximum Gasteiger partial charge on any atom is 0.170 e. The largest absolute Gasteiger partial charge is 0.491 e. The minimum absolute atomic E-state index is 0.113. The molecule has 28 heavy (non-hydrogen) atoms. The van der Waals surface area contributed by atoms with Crippen LogP contribution in [0.3, 0.4) is 0 Å². The van der Waals surface area contributed by atoms with E-state index in [-0.39, 0.29) is 17.8 Å². The van der Waals surface area contributed by atoms with Crippen LogP contribution in [0.5, 0.6) is 11.5 Å². The number of Topliss-reactive ketones (excluding diaryl/α,β-unsaturated/α-hetero) is 1. The van der Waals surface area contributed by atoms with Gasteiger partial charge in [0.1, 0.15) is 17.1 Å². The maximum atomic E-state index is 13.6. The van der Waals surface area contributed by atoms with Crippen LogP contribution in [-0.2, 0) is 6.42 Å². The summed E-state index contributed by atoms with van der Waals surface area (Å²) in [5.74, 6) is 1.79. The monoisotopic (exact) mass is 379 g/mol. The van der Waals surface area contributed by atoms with Gasteiger partial charge in [-0.15, -0.1) is 0 Å². The van der Waals surface area contributed by atoms with Gasteiger partial charge in [0.25, 0.3) is 0 Å². The molecule has 148 valence electrons. The molecule has 1 fully saturated rings. The minimum Gasteiger partial charge on any atom is -0.491 e. The predicted molar refractivity (Wildman–Crippen MR) is 110 cm³/mol. The molecule has 1 N–H and O–H groups in total. The molecule has 2 heterocycles. The molecule has 4 rings (SSSR count). The summed E-state index contributed by atoms with van der Waals surface area (Å²) in [6.45, 7) is 7.78. The number of piperidine rings is 1. The first kappa shape index (κ1) is 19.0. The highest BCUT2D eigenvalue weighted by Crippen LogP contribution is 2.43. The number of ketones is 1. The zero-order valence-corrected chi connectivity index (χ0v) is 17.0. The van der Waals surface area contributed by atoms with E-state index in [0.717, 1.165) is 60.5 Å². The molecule has 2 aromatic rings. The van der Waals surface area contributed by atoms with Crippen LogP contribution in [0.2, 0.25) is 0 Å². The molecule has 1 spiro atoms. The van der Waals surface area contributed by atoms with Crippen molar-refractivity contribution in [1.29, 1.82) is 0 Å². The molecule has 2 aliphatic heterocycles. The summed E-state index contributed by atoms with van der Waals surface area (Å²) in [4.78, 5) is 13.6. The van der Waals surface area contributed by atoms with Gasteiger partial charge in [-0.1, -0.05) is 18.2 Å². The lowest BCUT2D eigenvalue weighted by Gasteiger charge is -2.46. The summed E-state index contributed by atoms with van der Waals surface area (Å²) in [6, 6.07) is 13.9. The summed E-state index contributed by atoms with van der Waals surface area (Å²) in [7, 11) is 0. The first-order valence-corrected chi connectivity index (χ1v) is 10.3. The third-order valence-corrected chi connectivity index (χ3v) is 5.93. The zero-order chi connectivity index (χ0) is 19.7. The number of carbonyl (C=O) groups is 1. The average molecular weight is 380 g/mol. The third kappa shape index (κ3) is 3.53. The topological polar surface area (TPSA) is 47.6 Å². The van der Waals surface area contributed by atoms with E-state index in [9.17, 15) is 4.79 Å². The molecule has 4 heteroatoms. The van der Waals surface area contributed by atoms with E-state index < -0.39 is 5.60 Å². The molecule has 0 amide bonds. The third-order valence-electron chi connectivity index (χ3n) is 5.93. The van der Waals surface area contributed by atoms with E-state index in [0.29, 0.717) is 0 Å². The Balaban J connectivity index is 1.67. The summed E-state index contributed by atoms with van der Waals surface area (Å²) >= 11 is 0. The smallest absolute Gasteiger partial charge is 0.170 e. The van der Waals surface area contributed by atoms with Crippen LogP contribution in [0.4, 0.5) is 0 Å². The number of hydrogen-bond acceptors (Lipinski definition) is 4. The lowest BCUT2D eigenvalue weighted by atomic mass is 9.71. The number of aryl methyl sites for hydroxylation is 1. The van der Waals surface area contributed by atoms with Crippen molar-refractivity contribution >= 4 is 5.78 Å². The van der Waals surface area contributed by atoms with E-state index in [1.807, 2.05) is 57.2 Å². The number of rotatable bonds is 4. The number of carbonyl (C=O) groups excluding carboxylic acids is 1. The van der Waals surface area contributed by atoms with E-state index in [2.05, 4.69) is 11.4 Å². The van der Waals surface area contributed by atoms with Crippen LogP contribution >= 0.6 is 0 Å². The number of ether oxygens (including phenoxy) is 2. The highest BCUT2D eigenvalue weighted by atomic mass is 16.5. The fraction of sp³-hybridized carbons (Fsp3) is 0.458. The molecule has 1 unspecified atom stereocenters. The van der Waals surface area contributed by atoms with Crippen molar-refractivity contribution < 1.29 is 14.3 Å². The summed E-state index contributed by atoms with van der Waals surface area (Å²) in [5.41, 5.74) is 2.45. The van der Waals surface area contributed by atoms with Crippen molar-refractivity contribution in [3.8, 4) is 11.5 Å². The van der Waals surface area contributed by atoms with Crippen molar-refractivity contribution in [1.82, 2.24) is 5.32 Å². The normalized spacial score (nSPS) is 20.5. The molecular weight excluding hydrogens is 350 g/mol. The van der Waals surface area contributed by atoms with Crippen molar-refractivity contribution in [2.24, 2.45) is 5.92 Å². The van der Waals surface area contributed by atoms with Crippen LogP contribution in [0.1, 0.15) is 48.2 Å². The van der Waals surface area contributed by atoms with Crippen LogP contribution in [0.15, 0.2) is 42.5 Å². The lowest BCUT2D eigenvalue weighted by molar-refractivity contribution is -0.0229. The van der Waals surface area contributed by atoms with Gasteiger partial charge in [0.05, 0.1) is 12.0 Å². The quantitative estimate of drug-likeness (QED) is 0.803. The van der Waals surface area contributed by atoms with Gasteiger partial charge in [-0.05, 0) is 75.7 Å². The zero-order valence-electron chi connectivity index (χ0n) is 17.0. The van der Waals surface area contributed by atoms with E-state index >= 15 is 0 Å². The first-order valence-electron chi connectivity index (χ1n) is 10.3. The summed E-state index contributed by atoms with van der Waals surface area (Å²) < 4.78 is 12.4. The van der Waals surface area contributed by atoms with Crippen LogP contribution < -0.4 is 14.8 Å². The molecule has 0 aromatic heterocycles. The van der Waals surface area contributed by atoms with Gasteiger partial charge in [-0.3, -0.25) is 4.79 Å². The predicted octanol–water partition coefficient (Wildman–Crippen LogP) is 4.34. The molecule has 0 bridgehead atoms. The fourth-order valence-corrected chi connectivity index (χ4v) is 4.49. The molecule has 1 saturated heterocycles. The lowest BCUT2D eigenvalue weighted by Crippen LogP contribution is -2.56. The molecule has 2 aromatic carbocycles. The van der Waals surface area contributed by atoms with E-state index in [4.69, 9.17) is 9.47 Å². The Morgan fingerprint density at radius 3 is 2.64 bits per heavy atom. The average Bonchev–Trinajstić information content (AvgIpc) is 2.69. The molecule has 4 nitrogen and oxygen atoms in total. The Morgan fingerprint density at radius 1 is 1.18 bits per heavy atom. The highest BCUT2D eigenvalue weighted by Gasteiger charge is 2.48. The second-order valence-electron chi connectivity index (χ2n) is 8.29. The molecular formula is C24H29NO3. The maximum absolute atomic E-state index is 13.6. The van der Waals surface area contributed by atoms with E-state index in [1.165, 1.54) is 0 Å². The first-order chi connectivity index (χ1) is 13.5. The second kappa shape index (κ2) is 7.59.